The maximum atomic E-state index is 13.5. The molecule has 0 aromatic carbocycles. The SMILES string of the molecule is CCCCCCCCCCCCCCCCCCCCCCCCCCCCCCCCCCCC(=O)NC(COC1OC(CO)C(OC2OC(CO)C(OC3OC(CO)C(O)C(O)C3O)C(O)C2O)C(O)C1O)C(O)CCCCCCCCCCCCCCCCCCC. The Balaban J connectivity index is 1.33. The molecule has 3 aliphatic heterocycles. The van der Waals surface area contributed by atoms with Crippen molar-refractivity contribution in [3.8, 4) is 0 Å². The number of hydrogen-bond donors (Lipinski definition) is 12. The molecule has 12 N–H and O–H groups in total. The highest BCUT2D eigenvalue weighted by molar-refractivity contribution is 5.76. The molecule has 95 heavy (non-hydrogen) atoms. The molecule has 564 valence electrons. The van der Waals surface area contributed by atoms with E-state index in [0.717, 1.165) is 44.9 Å². The minimum absolute atomic E-state index is 0.233. The van der Waals surface area contributed by atoms with Crippen molar-refractivity contribution in [1.82, 2.24) is 5.32 Å². The molecule has 17 atom stereocenters. The third kappa shape index (κ3) is 39.1. The van der Waals surface area contributed by atoms with E-state index in [1.807, 2.05) is 0 Å². The quantitative estimate of drug-likeness (QED) is 0.0252. The summed E-state index contributed by atoms with van der Waals surface area (Å²) in [6.45, 7) is 1.86. The van der Waals surface area contributed by atoms with Crippen molar-refractivity contribution in [2.75, 3.05) is 26.4 Å². The Labute approximate surface area is 576 Å². The fourth-order valence-corrected chi connectivity index (χ4v) is 14.0. The van der Waals surface area contributed by atoms with Crippen LogP contribution in [0, 0.1) is 0 Å². The maximum Gasteiger partial charge on any atom is 0.220 e. The van der Waals surface area contributed by atoms with E-state index in [1.54, 1.807) is 0 Å². The number of carbonyl (C=O) groups excluding carboxylic acids is 1. The summed E-state index contributed by atoms with van der Waals surface area (Å²) in [7, 11) is 0. The maximum absolute atomic E-state index is 13.5. The fraction of sp³-hybridized carbons (Fsp3) is 0.987. The number of aliphatic hydroxyl groups excluding tert-OH is 11. The van der Waals surface area contributed by atoms with Gasteiger partial charge in [-0.2, -0.15) is 0 Å². The monoisotopic (exact) mass is 1360 g/mol. The van der Waals surface area contributed by atoms with Crippen molar-refractivity contribution in [3.05, 3.63) is 0 Å². The van der Waals surface area contributed by atoms with Crippen molar-refractivity contribution in [2.45, 2.75) is 452 Å². The van der Waals surface area contributed by atoms with Gasteiger partial charge in [0, 0.05) is 6.42 Å². The van der Waals surface area contributed by atoms with Crippen LogP contribution in [-0.2, 0) is 33.2 Å². The summed E-state index contributed by atoms with van der Waals surface area (Å²) in [6, 6.07) is -0.882. The van der Waals surface area contributed by atoms with Crippen LogP contribution in [0.4, 0.5) is 0 Å². The molecule has 19 heteroatoms. The van der Waals surface area contributed by atoms with E-state index in [2.05, 4.69) is 19.2 Å². The van der Waals surface area contributed by atoms with Crippen molar-refractivity contribution in [3.63, 3.8) is 0 Å². The molecule has 0 saturated carbocycles. The zero-order valence-corrected chi connectivity index (χ0v) is 60.2. The van der Waals surface area contributed by atoms with Crippen LogP contribution < -0.4 is 5.32 Å². The Morgan fingerprint density at radius 3 is 0.916 bits per heavy atom. The Hall–Kier alpha value is -1.21. The van der Waals surface area contributed by atoms with Crippen LogP contribution >= 0.6 is 0 Å². The van der Waals surface area contributed by atoms with Gasteiger partial charge in [0.05, 0.1) is 38.6 Å². The second-order valence-electron chi connectivity index (χ2n) is 28.9. The van der Waals surface area contributed by atoms with Gasteiger partial charge in [0.1, 0.15) is 73.2 Å². The molecule has 0 radical (unpaired) electrons. The van der Waals surface area contributed by atoms with Gasteiger partial charge in [0.25, 0.3) is 0 Å². The average molecular weight is 1360 g/mol. The first-order valence-electron chi connectivity index (χ1n) is 39.8. The zero-order chi connectivity index (χ0) is 68.9. The predicted octanol–water partition coefficient (Wildman–Crippen LogP) is 12.6. The standard InChI is InChI=1S/C76H147NO18/c1-3-5-7-9-11-13-15-17-19-21-22-23-24-25-26-27-28-29-30-31-32-33-34-35-36-38-40-42-44-46-48-50-52-54-64(82)77-59(60(81)53-51-49-47-45-43-41-39-37-20-18-16-14-12-10-8-6-4-2)58-90-74-70(88)67(85)72(62(56-79)92-74)95-76-71(89)68(86)73(63(57-80)93-76)94-75-69(87)66(84)65(83)61(55-78)91-75/h59-63,65-76,78-81,83-89H,3-58H2,1-2H3,(H,77,82). The predicted molar refractivity (Wildman–Crippen MR) is 374 cm³/mol. The third-order valence-corrected chi connectivity index (χ3v) is 20.4. The van der Waals surface area contributed by atoms with Crippen LogP contribution in [0.2, 0.25) is 0 Å². The number of unbranched alkanes of at least 4 members (excludes halogenated alkanes) is 48. The van der Waals surface area contributed by atoms with Crippen LogP contribution in [0.1, 0.15) is 348 Å². The summed E-state index contributed by atoms with van der Waals surface area (Å²) >= 11 is 0. The van der Waals surface area contributed by atoms with E-state index < -0.39 is 124 Å². The first kappa shape index (κ1) is 88.0. The molecular weight excluding hydrogens is 1210 g/mol. The van der Waals surface area contributed by atoms with Gasteiger partial charge < -0.3 is 89.9 Å². The Morgan fingerprint density at radius 1 is 0.337 bits per heavy atom. The third-order valence-electron chi connectivity index (χ3n) is 20.4. The van der Waals surface area contributed by atoms with Gasteiger partial charge in [-0.25, -0.2) is 0 Å². The molecule has 0 spiro atoms. The molecule has 0 bridgehead atoms. The van der Waals surface area contributed by atoms with E-state index in [1.165, 1.54) is 270 Å². The minimum atomic E-state index is -1.97. The highest BCUT2D eigenvalue weighted by atomic mass is 16.8. The van der Waals surface area contributed by atoms with Gasteiger partial charge in [0.2, 0.25) is 5.91 Å². The number of nitrogens with one attached hydrogen (secondary N) is 1. The molecule has 0 aliphatic carbocycles. The number of hydrogen-bond acceptors (Lipinski definition) is 18. The van der Waals surface area contributed by atoms with Crippen molar-refractivity contribution < 1.29 is 89.4 Å². The summed E-state index contributed by atoms with van der Waals surface area (Å²) in [6.07, 6.45) is 39.2. The average Bonchev–Trinajstić information content (AvgIpc) is 0.786. The summed E-state index contributed by atoms with van der Waals surface area (Å²) in [5.74, 6) is -0.233. The number of rotatable bonds is 64. The number of aliphatic hydroxyl groups is 11. The van der Waals surface area contributed by atoms with E-state index in [0.29, 0.717) is 12.8 Å². The first-order valence-corrected chi connectivity index (χ1v) is 39.8. The molecule has 17 unspecified atom stereocenters. The topological polar surface area (TPSA) is 307 Å². The highest BCUT2D eigenvalue weighted by Crippen LogP contribution is 2.33. The fourth-order valence-electron chi connectivity index (χ4n) is 14.0. The zero-order valence-electron chi connectivity index (χ0n) is 60.2. The van der Waals surface area contributed by atoms with E-state index in [4.69, 9.17) is 28.4 Å². The lowest BCUT2D eigenvalue weighted by molar-refractivity contribution is -0.379. The lowest BCUT2D eigenvalue weighted by atomic mass is 9.96. The first-order chi connectivity index (χ1) is 46.3. The summed E-state index contributed by atoms with van der Waals surface area (Å²) in [5.41, 5.74) is 0. The second-order valence-corrected chi connectivity index (χ2v) is 28.9. The molecule has 3 fully saturated rings. The molecule has 1 amide bonds. The highest BCUT2D eigenvalue weighted by Gasteiger charge is 2.54. The van der Waals surface area contributed by atoms with Crippen LogP contribution in [-0.4, -0.2) is 193 Å². The Bertz CT molecular complexity index is 1720. The van der Waals surface area contributed by atoms with Crippen LogP contribution in [0.15, 0.2) is 0 Å². The molecule has 0 aromatic rings. The molecule has 3 heterocycles. The van der Waals surface area contributed by atoms with E-state index >= 15 is 0 Å². The molecule has 3 saturated heterocycles. The number of amides is 1. The second kappa shape index (κ2) is 58.3. The summed E-state index contributed by atoms with van der Waals surface area (Å²) in [4.78, 5) is 13.5. The van der Waals surface area contributed by atoms with Gasteiger partial charge in [0.15, 0.2) is 18.9 Å². The molecule has 3 aliphatic rings. The van der Waals surface area contributed by atoms with Gasteiger partial charge in [-0.05, 0) is 12.8 Å². The lowest BCUT2D eigenvalue weighted by Crippen LogP contribution is -2.66. The van der Waals surface area contributed by atoms with Crippen LogP contribution in [0.3, 0.4) is 0 Å². The van der Waals surface area contributed by atoms with Gasteiger partial charge >= 0.3 is 0 Å². The number of ether oxygens (including phenoxy) is 6. The Morgan fingerprint density at radius 2 is 0.600 bits per heavy atom. The summed E-state index contributed by atoms with van der Waals surface area (Å²) in [5, 5.41) is 121. The van der Waals surface area contributed by atoms with Crippen LogP contribution in [0.5, 0.6) is 0 Å². The van der Waals surface area contributed by atoms with E-state index in [-0.39, 0.29) is 18.9 Å². The van der Waals surface area contributed by atoms with Crippen LogP contribution in [0.25, 0.3) is 0 Å². The van der Waals surface area contributed by atoms with Crippen molar-refractivity contribution >= 4 is 5.91 Å². The Kier molecular flexibility index (Phi) is 54.0. The largest absolute Gasteiger partial charge is 0.394 e. The molecule has 0 aromatic heterocycles. The minimum Gasteiger partial charge on any atom is -0.394 e. The van der Waals surface area contributed by atoms with Crippen molar-refractivity contribution in [2.24, 2.45) is 0 Å². The van der Waals surface area contributed by atoms with Crippen molar-refractivity contribution in [1.29, 1.82) is 0 Å². The van der Waals surface area contributed by atoms with Gasteiger partial charge in [-0.15, -0.1) is 0 Å². The molecular formula is C76H147NO18. The van der Waals surface area contributed by atoms with E-state index in [9.17, 15) is 61.0 Å². The molecule has 19 nitrogen and oxygen atoms in total. The normalized spacial score (nSPS) is 27.1. The number of carbonyl (C=O) groups is 1. The lowest BCUT2D eigenvalue weighted by Gasteiger charge is -2.48. The molecule has 3 rings (SSSR count). The smallest absolute Gasteiger partial charge is 0.220 e. The van der Waals surface area contributed by atoms with Gasteiger partial charge in [-0.1, -0.05) is 328 Å². The summed E-state index contributed by atoms with van der Waals surface area (Å²) < 4.78 is 34.5. The van der Waals surface area contributed by atoms with Gasteiger partial charge in [-0.3, -0.25) is 4.79 Å².